The highest BCUT2D eigenvalue weighted by Gasteiger charge is 2.05. The first-order valence-corrected chi connectivity index (χ1v) is 5.67. The highest BCUT2D eigenvalue weighted by atomic mass is 32.2. The molecule has 1 aromatic rings. The predicted octanol–water partition coefficient (Wildman–Crippen LogP) is 2.38. The first-order chi connectivity index (χ1) is 5.75. The van der Waals surface area contributed by atoms with Gasteiger partial charge in [0.05, 0.1) is 4.90 Å². The molecule has 0 spiro atoms. The van der Waals surface area contributed by atoms with Gasteiger partial charge >= 0.3 is 0 Å². The van der Waals surface area contributed by atoms with Crippen LogP contribution in [0.15, 0.2) is 34.1 Å². The Morgan fingerprint density at radius 2 is 2.17 bits per heavy atom. The van der Waals surface area contributed by atoms with Gasteiger partial charge in [0.25, 0.3) is 0 Å². The van der Waals surface area contributed by atoms with Crippen molar-refractivity contribution in [1.29, 1.82) is 0 Å². The fourth-order valence-corrected chi connectivity index (χ4v) is 2.39. The standard InChI is InChI=1S/C8H10O2S2/c1-2-11-7-5-3-4-6-8(7)12(9)10/h3-6H,2H2,1H3,(H,9,10). The van der Waals surface area contributed by atoms with E-state index in [2.05, 4.69) is 0 Å². The van der Waals surface area contributed by atoms with Gasteiger partial charge in [-0.15, -0.1) is 11.8 Å². The third-order valence-corrected chi connectivity index (χ3v) is 3.15. The normalized spacial score (nSPS) is 12.8. The molecule has 66 valence electrons. The van der Waals surface area contributed by atoms with Crippen LogP contribution in [0.3, 0.4) is 0 Å². The average Bonchev–Trinajstić information content (AvgIpc) is 2.05. The third kappa shape index (κ3) is 2.33. The second-order valence-corrected chi connectivity index (χ2v) is 4.37. The van der Waals surface area contributed by atoms with Gasteiger partial charge in [0.1, 0.15) is 0 Å². The molecule has 0 aliphatic carbocycles. The smallest absolute Gasteiger partial charge is 0.187 e. The minimum Gasteiger partial charge on any atom is -0.302 e. The van der Waals surface area contributed by atoms with Crippen LogP contribution >= 0.6 is 11.8 Å². The van der Waals surface area contributed by atoms with E-state index in [1.807, 2.05) is 19.1 Å². The Morgan fingerprint density at radius 1 is 1.50 bits per heavy atom. The zero-order valence-electron chi connectivity index (χ0n) is 6.69. The molecule has 1 rings (SSSR count). The van der Waals surface area contributed by atoms with Crippen LogP contribution in [0.4, 0.5) is 0 Å². The maximum Gasteiger partial charge on any atom is 0.187 e. The number of hydrogen-bond donors (Lipinski definition) is 1. The van der Waals surface area contributed by atoms with Crippen LogP contribution in [0.25, 0.3) is 0 Å². The summed E-state index contributed by atoms with van der Waals surface area (Å²) in [6, 6.07) is 7.17. The third-order valence-electron chi connectivity index (χ3n) is 1.34. The van der Waals surface area contributed by atoms with E-state index in [0.717, 1.165) is 10.6 Å². The average molecular weight is 202 g/mol. The molecule has 1 atom stereocenters. The van der Waals surface area contributed by atoms with Gasteiger partial charge in [0.2, 0.25) is 0 Å². The molecule has 0 bridgehead atoms. The van der Waals surface area contributed by atoms with Crippen LogP contribution in [0.5, 0.6) is 0 Å². The van der Waals surface area contributed by atoms with Crippen molar-refractivity contribution >= 4 is 22.8 Å². The lowest BCUT2D eigenvalue weighted by molar-refractivity contribution is 0.562. The molecular formula is C8H10O2S2. The van der Waals surface area contributed by atoms with Crippen molar-refractivity contribution < 1.29 is 8.76 Å². The molecule has 4 heteroatoms. The maximum atomic E-state index is 10.8. The van der Waals surface area contributed by atoms with Gasteiger partial charge in [0, 0.05) is 4.90 Å². The highest BCUT2D eigenvalue weighted by Crippen LogP contribution is 2.23. The van der Waals surface area contributed by atoms with Crippen molar-refractivity contribution in [3.05, 3.63) is 24.3 Å². The van der Waals surface area contributed by atoms with Crippen molar-refractivity contribution in [2.45, 2.75) is 16.7 Å². The summed E-state index contributed by atoms with van der Waals surface area (Å²) >= 11 is -0.286. The van der Waals surface area contributed by atoms with E-state index in [-0.39, 0.29) is 0 Å². The summed E-state index contributed by atoms with van der Waals surface area (Å²) in [6.45, 7) is 2.02. The molecule has 0 heterocycles. The van der Waals surface area contributed by atoms with E-state index in [9.17, 15) is 4.21 Å². The van der Waals surface area contributed by atoms with Crippen molar-refractivity contribution in [1.82, 2.24) is 0 Å². The Labute approximate surface area is 78.7 Å². The Hall–Kier alpha value is -0.320. The minimum absolute atomic E-state index is 0.504. The molecule has 0 aliphatic rings. The van der Waals surface area contributed by atoms with E-state index in [4.69, 9.17) is 4.55 Å². The quantitative estimate of drug-likeness (QED) is 0.604. The van der Waals surface area contributed by atoms with Crippen molar-refractivity contribution in [3.8, 4) is 0 Å². The molecule has 0 saturated carbocycles. The van der Waals surface area contributed by atoms with E-state index in [1.54, 1.807) is 23.9 Å². The fraction of sp³-hybridized carbons (Fsp3) is 0.250. The maximum absolute atomic E-state index is 10.8. The van der Waals surface area contributed by atoms with Gasteiger partial charge in [-0.05, 0) is 17.9 Å². The number of rotatable bonds is 3. The van der Waals surface area contributed by atoms with Crippen LogP contribution in [0, 0.1) is 0 Å². The number of hydrogen-bond acceptors (Lipinski definition) is 2. The summed E-state index contributed by atoms with van der Waals surface area (Å²) in [5.74, 6) is 0.911. The summed E-state index contributed by atoms with van der Waals surface area (Å²) < 4.78 is 19.7. The fourth-order valence-electron chi connectivity index (χ4n) is 0.869. The molecule has 0 aromatic heterocycles. The number of benzene rings is 1. The Balaban J connectivity index is 3.00. The topological polar surface area (TPSA) is 37.3 Å². The van der Waals surface area contributed by atoms with Gasteiger partial charge in [-0.3, -0.25) is 0 Å². The van der Waals surface area contributed by atoms with E-state index in [0.29, 0.717) is 4.90 Å². The van der Waals surface area contributed by atoms with Gasteiger partial charge in [-0.25, -0.2) is 4.21 Å². The molecular weight excluding hydrogens is 192 g/mol. The van der Waals surface area contributed by atoms with Gasteiger partial charge in [-0.1, -0.05) is 19.1 Å². The largest absolute Gasteiger partial charge is 0.302 e. The Kier molecular flexibility index (Phi) is 3.78. The zero-order valence-corrected chi connectivity index (χ0v) is 8.32. The van der Waals surface area contributed by atoms with E-state index < -0.39 is 11.1 Å². The van der Waals surface area contributed by atoms with E-state index in [1.165, 1.54) is 0 Å². The monoisotopic (exact) mass is 202 g/mol. The molecule has 2 nitrogen and oxygen atoms in total. The van der Waals surface area contributed by atoms with Crippen LogP contribution in [0.2, 0.25) is 0 Å². The SMILES string of the molecule is CCSc1ccccc1S(=O)O. The first-order valence-electron chi connectivity index (χ1n) is 3.58. The summed E-state index contributed by atoms with van der Waals surface area (Å²) in [7, 11) is 0. The minimum atomic E-state index is -1.86. The van der Waals surface area contributed by atoms with Gasteiger partial charge in [0.15, 0.2) is 11.1 Å². The predicted molar refractivity (Wildman–Crippen MR) is 51.9 cm³/mol. The van der Waals surface area contributed by atoms with Crippen LogP contribution < -0.4 is 0 Å². The van der Waals surface area contributed by atoms with Crippen LogP contribution in [0.1, 0.15) is 6.92 Å². The van der Waals surface area contributed by atoms with Crippen molar-refractivity contribution in [3.63, 3.8) is 0 Å². The summed E-state index contributed by atoms with van der Waals surface area (Å²) in [6.07, 6.45) is 0. The molecule has 0 saturated heterocycles. The molecule has 1 aromatic carbocycles. The molecule has 1 N–H and O–H groups in total. The lowest BCUT2D eigenvalue weighted by Gasteiger charge is -2.02. The highest BCUT2D eigenvalue weighted by molar-refractivity contribution is 7.99. The van der Waals surface area contributed by atoms with Crippen LogP contribution in [-0.2, 0) is 11.1 Å². The molecule has 12 heavy (non-hydrogen) atoms. The van der Waals surface area contributed by atoms with Crippen molar-refractivity contribution in [2.24, 2.45) is 0 Å². The van der Waals surface area contributed by atoms with Crippen LogP contribution in [-0.4, -0.2) is 14.5 Å². The molecule has 0 fully saturated rings. The lowest BCUT2D eigenvalue weighted by atomic mass is 10.4. The Morgan fingerprint density at radius 3 is 2.75 bits per heavy atom. The molecule has 0 amide bonds. The zero-order chi connectivity index (χ0) is 8.97. The second-order valence-electron chi connectivity index (χ2n) is 2.13. The lowest BCUT2D eigenvalue weighted by Crippen LogP contribution is -1.90. The molecule has 1 unspecified atom stereocenters. The summed E-state index contributed by atoms with van der Waals surface area (Å²) in [4.78, 5) is 1.39. The second kappa shape index (κ2) is 4.64. The van der Waals surface area contributed by atoms with Gasteiger partial charge < -0.3 is 4.55 Å². The first kappa shape index (κ1) is 9.77. The molecule has 0 radical (unpaired) electrons. The number of thioether (sulfide) groups is 1. The van der Waals surface area contributed by atoms with Crippen molar-refractivity contribution in [2.75, 3.05) is 5.75 Å². The molecule has 0 aliphatic heterocycles. The summed E-state index contributed by atoms with van der Waals surface area (Å²) in [5, 5.41) is 0. The van der Waals surface area contributed by atoms with E-state index >= 15 is 0 Å². The summed E-state index contributed by atoms with van der Waals surface area (Å²) in [5.41, 5.74) is 0. The Bertz CT molecular complexity index is 286. The van der Waals surface area contributed by atoms with Gasteiger partial charge in [-0.2, -0.15) is 0 Å².